The molecule has 3 rings (SSSR count). The maximum absolute atomic E-state index is 12.5. The van der Waals surface area contributed by atoms with Gasteiger partial charge in [0.25, 0.3) is 5.56 Å². The highest BCUT2D eigenvalue weighted by atomic mass is 32.2. The molecule has 1 N–H and O–H groups in total. The van der Waals surface area contributed by atoms with Crippen LogP contribution in [0, 0.1) is 6.92 Å². The summed E-state index contributed by atoms with van der Waals surface area (Å²) >= 11 is 1.53. The molecule has 5 heteroatoms. The van der Waals surface area contributed by atoms with Gasteiger partial charge in [0.2, 0.25) is 5.88 Å². The van der Waals surface area contributed by atoms with Gasteiger partial charge in [-0.05, 0) is 18.9 Å². The van der Waals surface area contributed by atoms with Crippen molar-refractivity contribution in [3.8, 4) is 5.88 Å². The van der Waals surface area contributed by atoms with Gasteiger partial charge in [-0.2, -0.15) is 4.98 Å². The third kappa shape index (κ3) is 2.45. The molecule has 0 saturated carbocycles. The van der Waals surface area contributed by atoms with E-state index in [0.717, 1.165) is 17.7 Å². The number of benzene rings is 1. The molecule has 0 amide bonds. The third-order valence-electron chi connectivity index (χ3n) is 3.46. The molecule has 104 valence electrons. The topological polar surface area (TPSA) is 55.1 Å². The molecule has 1 aliphatic heterocycles. The predicted octanol–water partition coefficient (Wildman–Crippen LogP) is 2.34. The molecule has 2 heterocycles. The van der Waals surface area contributed by atoms with Gasteiger partial charge in [-0.25, -0.2) is 0 Å². The van der Waals surface area contributed by atoms with Crippen LogP contribution in [0.4, 0.5) is 0 Å². The average Bonchev–Trinajstić information content (AvgIpc) is 2.45. The smallest absolute Gasteiger partial charge is 0.261 e. The Kier molecular flexibility index (Phi) is 3.53. The molecule has 1 aliphatic rings. The fourth-order valence-electron chi connectivity index (χ4n) is 2.32. The van der Waals surface area contributed by atoms with E-state index in [2.05, 4.69) is 4.98 Å². The number of thioether (sulfide) groups is 1. The minimum Gasteiger partial charge on any atom is -0.493 e. The summed E-state index contributed by atoms with van der Waals surface area (Å²) in [5, 5.41) is 10.7. The number of nitrogens with zero attached hydrogens (tertiary/aromatic N) is 2. The zero-order valence-corrected chi connectivity index (χ0v) is 12.1. The van der Waals surface area contributed by atoms with Gasteiger partial charge in [-0.1, -0.05) is 41.6 Å². The molecule has 2 aromatic rings. The first-order valence-corrected chi connectivity index (χ1v) is 7.65. The molecule has 20 heavy (non-hydrogen) atoms. The standard InChI is InChI=1S/C15H16N2O2S/c1-10-3-5-11(6-4-10)9-12-13(18)16-15-17(14(12)19)7-2-8-20-15/h3-6,18H,2,7-9H2,1H3. The van der Waals surface area contributed by atoms with E-state index in [0.29, 0.717) is 23.7 Å². The van der Waals surface area contributed by atoms with E-state index in [-0.39, 0.29) is 11.4 Å². The molecule has 0 bridgehead atoms. The molecular weight excluding hydrogens is 272 g/mol. The van der Waals surface area contributed by atoms with Crippen LogP contribution in [-0.2, 0) is 13.0 Å². The van der Waals surface area contributed by atoms with Crippen molar-refractivity contribution in [2.24, 2.45) is 0 Å². The zero-order chi connectivity index (χ0) is 14.1. The molecule has 0 unspecified atom stereocenters. The first-order chi connectivity index (χ1) is 9.65. The quantitative estimate of drug-likeness (QED) is 0.862. The summed E-state index contributed by atoms with van der Waals surface area (Å²) in [6.45, 7) is 2.71. The van der Waals surface area contributed by atoms with Crippen molar-refractivity contribution in [2.75, 3.05) is 5.75 Å². The van der Waals surface area contributed by atoms with E-state index in [1.165, 1.54) is 17.3 Å². The van der Waals surface area contributed by atoms with E-state index in [9.17, 15) is 9.90 Å². The number of rotatable bonds is 2. The van der Waals surface area contributed by atoms with Crippen molar-refractivity contribution < 1.29 is 5.11 Å². The highest BCUT2D eigenvalue weighted by molar-refractivity contribution is 7.99. The monoisotopic (exact) mass is 288 g/mol. The SMILES string of the molecule is Cc1ccc(Cc2c(O)nc3n(c2=O)CCCS3)cc1. The molecule has 0 saturated heterocycles. The Morgan fingerprint density at radius 1 is 1.35 bits per heavy atom. The summed E-state index contributed by atoms with van der Waals surface area (Å²) in [5.74, 6) is 0.819. The lowest BCUT2D eigenvalue weighted by atomic mass is 10.1. The van der Waals surface area contributed by atoms with Crippen molar-refractivity contribution in [1.29, 1.82) is 0 Å². The first-order valence-electron chi connectivity index (χ1n) is 6.66. The molecule has 0 fully saturated rings. The second kappa shape index (κ2) is 5.32. The van der Waals surface area contributed by atoms with Gasteiger partial charge >= 0.3 is 0 Å². The maximum atomic E-state index is 12.5. The highest BCUT2D eigenvalue weighted by Gasteiger charge is 2.19. The Hall–Kier alpha value is -1.75. The number of hydrogen-bond donors (Lipinski definition) is 1. The Labute approximate surface area is 121 Å². The van der Waals surface area contributed by atoms with Crippen LogP contribution in [0.25, 0.3) is 0 Å². The number of hydrogen-bond acceptors (Lipinski definition) is 4. The van der Waals surface area contributed by atoms with Gasteiger partial charge in [0.05, 0.1) is 5.56 Å². The second-order valence-electron chi connectivity index (χ2n) is 5.02. The van der Waals surface area contributed by atoms with Gasteiger partial charge in [-0.3, -0.25) is 9.36 Å². The summed E-state index contributed by atoms with van der Waals surface area (Å²) in [7, 11) is 0. The van der Waals surface area contributed by atoms with Crippen LogP contribution in [0.15, 0.2) is 34.2 Å². The number of fused-ring (bicyclic) bond motifs is 1. The number of aromatic nitrogens is 2. The predicted molar refractivity (Wildman–Crippen MR) is 79.5 cm³/mol. The Balaban J connectivity index is 2.01. The second-order valence-corrected chi connectivity index (χ2v) is 6.08. The molecule has 0 spiro atoms. The van der Waals surface area contributed by atoms with Gasteiger partial charge in [0.15, 0.2) is 5.16 Å². The average molecular weight is 288 g/mol. The van der Waals surface area contributed by atoms with Crippen molar-refractivity contribution in [1.82, 2.24) is 9.55 Å². The van der Waals surface area contributed by atoms with Gasteiger partial charge in [0, 0.05) is 18.7 Å². The van der Waals surface area contributed by atoms with Gasteiger partial charge < -0.3 is 5.11 Å². The lowest BCUT2D eigenvalue weighted by molar-refractivity contribution is 0.421. The van der Waals surface area contributed by atoms with Crippen LogP contribution < -0.4 is 5.56 Å². The number of aromatic hydroxyl groups is 1. The van der Waals surface area contributed by atoms with Crippen LogP contribution in [0.1, 0.15) is 23.1 Å². The minimum absolute atomic E-state index is 0.111. The zero-order valence-electron chi connectivity index (χ0n) is 11.3. The molecule has 4 nitrogen and oxygen atoms in total. The third-order valence-corrected chi connectivity index (χ3v) is 4.53. The molecule has 1 aromatic heterocycles. The van der Waals surface area contributed by atoms with Gasteiger partial charge in [-0.15, -0.1) is 0 Å². The Bertz CT molecular complexity index is 692. The molecule has 0 aliphatic carbocycles. The summed E-state index contributed by atoms with van der Waals surface area (Å²) in [6, 6.07) is 7.97. The largest absolute Gasteiger partial charge is 0.493 e. The molecule has 0 atom stereocenters. The lowest BCUT2D eigenvalue weighted by Crippen LogP contribution is -2.29. The Morgan fingerprint density at radius 2 is 2.10 bits per heavy atom. The number of aryl methyl sites for hydroxylation is 1. The van der Waals surface area contributed by atoms with Crippen LogP contribution in [0.3, 0.4) is 0 Å². The van der Waals surface area contributed by atoms with E-state index in [1.807, 2.05) is 31.2 Å². The summed E-state index contributed by atoms with van der Waals surface area (Å²) in [4.78, 5) is 16.6. The van der Waals surface area contributed by atoms with E-state index < -0.39 is 0 Å². The van der Waals surface area contributed by atoms with Crippen LogP contribution >= 0.6 is 11.8 Å². The minimum atomic E-state index is -0.128. The Morgan fingerprint density at radius 3 is 2.85 bits per heavy atom. The van der Waals surface area contributed by atoms with E-state index in [1.54, 1.807) is 4.57 Å². The fraction of sp³-hybridized carbons (Fsp3) is 0.333. The van der Waals surface area contributed by atoms with Crippen LogP contribution in [-0.4, -0.2) is 20.4 Å². The molecule has 1 aromatic carbocycles. The van der Waals surface area contributed by atoms with Crippen molar-refractivity contribution in [3.63, 3.8) is 0 Å². The van der Waals surface area contributed by atoms with Gasteiger partial charge in [0.1, 0.15) is 0 Å². The molecular formula is C15H16N2O2S. The lowest BCUT2D eigenvalue weighted by Gasteiger charge is -2.18. The fourth-order valence-corrected chi connectivity index (χ4v) is 3.26. The molecule has 0 radical (unpaired) electrons. The summed E-state index contributed by atoms with van der Waals surface area (Å²) in [6.07, 6.45) is 1.39. The maximum Gasteiger partial charge on any atom is 0.261 e. The summed E-state index contributed by atoms with van der Waals surface area (Å²) in [5.41, 5.74) is 2.46. The van der Waals surface area contributed by atoms with Crippen molar-refractivity contribution in [3.05, 3.63) is 51.3 Å². The van der Waals surface area contributed by atoms with E-state index in [4.69, 9.17) is 0 Å². The highest BCUT2D eigenvalue weighted by Crippen LogP contribution is 2.25. The first kappa shape index (κ1) is 13.2. The normalized spacial score (nSPS) is 14.1. The van der Waals surface area contributed by atoms with Crippen LogP contribution in [0.5, 0.6) is 5.88 Å². The van der Waals surface area contributed by atoms with Crippen LogP contribution in [0.2, 0.25) is 0 Å². The van der Waals surface area contributed by atoms with Crippen molar-refractivity contribution >= 4 is 11.8 Å². The van der Waals surface area contributed by atoms with E-state index >= 15 is 0 Å². The van der Waals surface area contributed by atoms with Crippen molar-refractivity contribution in [2.45, 2.75) is 31.5 Å². The summed E-state index contributed by atoms with van der Waals surface area (Å²) < 4.78 is 1.68.